The normalized spacial score (nSPS) is 11.8. The Hall–Kier alpha value is -2.36. The molecule has 3 rings (SSSR count). The van der Waals surface area contributed by atoms with Crippen molar-refractivity contribution in [3.63, 3.8) is 0 Å². The Kier molecular flexibility index (Phi) is 4.84. The quantitative estimate of drug-likeness (QED) is 0.635. The smallest absolute Gasteiger partial charge is 0.155 e. The first-order valence-electron chi connectivity index (χ1n) is 8.87. The molecule has 0 aromatic heterocycles. The van der Waals surface area contributed by atoms with Crippen molar-refractivity contribution in [2.45, 2.75) is 27.7 Å². The monoisotopic (exact) mass is 324 g/mol. The molecule has 0 saturated heterocycles. The maximum Gasteiger partial charge on any atom is 0.155 e. The summed E-state index contributed by atoms with van der Waals surface area (Å²) in [5.41, 5.74) is 4.15. The number of rotatable bonds is 6. The summed E-state index contributed by atoms with van der Waals surface area (Å²) >= 11 is 0. The molecule has 127 valence electrons. The predicted molar refractivity (Wildman–Crippen MR) is 102 cm³/mol. The van der Waals surface area contributed by atoms with Crippen molar-refractivity contribution < 1.29 is 4.74 Å². The lowest BCUT2D eigenvalue weighted by atomic mass is 10.1. The van der Waals surface area contributed by atoms with Crippen LogP contribution in [-0.2, 0) is 0 Å². The molecule has 1 heterocycles. The Bertz CT molecular complexity index is 647. The van der Waals surface area contributed by atoms with E-state index in [0.29, 0.717) is 0 Å². The molecule has 0 fully saturated rings. The lowest BCUT2D eigenvalue weighted by molar-refractivity contribution is 0.471. The van der Waals surface area contributed by atoms with E-state index in [2.05, 4.69) is 61.8 Å². The second-order valence-corrected chi connectivity index (χ2v) is 5.86. The van der Waals surface area contributed by atoms with E-state index in [1.165, 1.54) is 11.4 Å². The summed E-state index contributed by atoms with van der Waals surface area (Å²) in [4.78, 5) is 4.62. The van der Waals surface area contributed by atoms with Crippen LogP contribution in [0.4, 0.5) is 22.7 Å². The van der Waals surface area contributed by atoms with Crippen LogP contribution in [0.5, 0.6) is 11.5 Å². The van der Waals surface area contributed by atoms with Crippen molar-refractivity contribution in [1.29, 1.82) is 0 Å². The van der Waals surface area contributed by atoms with Crippen molar-refractivity contribution in [2.24, 2.45) is 0 Å². The molecule has 1 radical (unpaired) electrons. The zero-order valence-corrected chi connectivity index (χ0v) is 15.0. The lowest BCUT2D eigenvalue weighted by Crippen LogP contribution is -2.22. The van der Waals surface area contributed by atoms with Gasteiger partial charge in [0.15, 0.2) is 11.5 Å². The molecule has 0 spiro atoms. The van der Waals surface area contributed by atoms with Gasteiger partial charge in [0.2, 0.25) is 0 Å². The highest BCUT2D eigenvalue weighted by molar-refractivity contribution is 5.73. The van der Waals surface area contributed by atoms with Gasteiger partial charge in [-0.25, -0.2) is 5.32 Å². The molecule has 0 N–H and O–H groups in total. The molecule has 0 aliphatic carbocycles. The second-order valence-electron chi connectivity index (χ2n) is 5.86. The van der Waals surface area contributed by atoms with Crippen molar-refractivity contribution >= 4 is 22.7 Å². The van der Waals surface area contributed by atoms with E-state index in [0.717, 1.165) is 49.1 Å². The standard InChI is InChI=1S/C20H26N3O/c1-5-22(6-2)15-9-11-17-19(13-15)24-20-14-16(23(7-3)8-4)10-12-18(20)21-17/h9-14H,5-8H2,1-4H3. The Balaban J connectivity index is 1.91. The van der Waals surface area contributed by atoms with Crippen molar-refractivity contribution in [3.05, 3.63) is 36.4 Å². The summed E-state index contributed by atoms with van der Waals surface area (Å²) < 4.78 is 6.19. The van der Waals surface area contributed by atoms with E-state index in [4.69, 9.17) is 10.1 Å². The highest BCUT2D eigenvalue weighted by Gasteiger charge is 2.20. The summed E-state index contributed by atoms with van der Waals surface area (Å²) in [6.45, 7) is 12.6. The van der Waals surface area contributed by atoms with Crippen LogP contribution in [0.1, 0.15) is 27.7 Å². The molecule has 0 bridgehead atoms. The first-order valence-corrected chi connectivity index (χ1v) is 8.87. The fraction of sp³-hybridized carbons (Fsp3) is 0.400. The summed E-state index contributed by atoms with van der Waals surface area (Å²) in [5.74, 6) is 1.67. The third-order valence-corrected chi connectivity index (χ3v) is 4.60. The molecule has 2 aromatic carbocycles. The Labute approximate surface area is 145 Å². The van der Waals surface area contributed by atoms with Crippen LogP contribution in [0, 0.1) is 0 Å². The number of anilines is 2. The molecule has 1 aliphatic rings. The third kappa shape index (κ3) is 3.01. The minimum absolute atomic E-state index is 0.837. The van der Waals surface area contributed by atoms with Crippen LogP contribution in [0.3, 0.4) is 0 Å². The van der Waals surface area contributed by atoms with E-state index in [9.17, 15) is 0 Å². The third-order valence-electron chi connectivity index (χ3n) is 4.60. The predicted octanol–water partition coefficient (Wildman–Crippen LogP) is 5.05. The van der Waals surface area contributed by atoms with Gasteiger partial charge in [-0.3, -0.25) is 0 Å². The van der Waals surface area contributed by atoms with Crippen LogP contribution in [0.25, 0.3) is 0 Å². The fourth-order valence-corrected chi connectivity index (χ4v) is 3.17. The van der Waals surface area contributed by atoms with E-state index < -0.39 is 0 Å². The Morgan fingerprint density at radius 3 is 1.50 bits per heavy atom. The molecule has 0 amide bonds. The van der Waals surface area contributed by atoms with Gasteiger partial charge >= 0.3 is 0 Å². The van der Waals surface area contributed by atoms with Gasteiger partial charge in [0.25, 0.3) is 0 Å². The average Bonchev–Trinajstić information content (AvgIpc) is 2.62. The van der Waals surface area contributed by atoms with Gasteiger partial charge in [0.05, 0.1) is 0 Å². The molecule has 4 nitrogen and oxygen atoms in total. The second kappa shape index (κ2) is 7.04. The topological polar surface area (TPSA) is 29.8 Å². The number of hydrogen-bond acceptors (Lipinski definition) is 3. The van der Waals surface area contributed by atoms with E-state index in [1.807, 2.05) is 12.1 Å². The molecule has 4 heteroatoms. The van der Waals surface area contributed by atoms with Crippen LogP contribution in [-0.4, -0.2) is 26.2 Å². The van der Waals surface area contributed by atoms with Crippen molar-refractivity contribution in [1.82, 2.24) is 5.32 Å². The number of fused-ring (bicyclic) bond motifs is 2. The minimum atomic E-state index is 0.837. The largest absolute Gasteiger partial charge is 0.453 e. The summed E-state index contributed by atoms with van der Waals surface area (Å²) in [6.07, 6.45) is 0. The number of hydrogen-bond donors (Lipinski definition) is 0. The molecular formula is C20H26N3O. The van der Waals surface area contributed by atoms with Crippen LogP contribution < -0.4 is 19.9 Å². The van der Waals surface area contributed by atoms with E-state index in [-0.39, 0.29) is 0 Å². The van der Waals surface area contributed by atoms with Gasteiger partial charge in [-0.05, 0) is 52.0 Å². The fourth-order valence-electron chi connectivity index (χ4n) is 3.17. The first kappa shape index (κ1) is 16.5. The zero-order valence-electron chi connectivity index (χ0n) is 15.0. The molecule has 0 atom stereocenters. The minimum Gasteiger partial charge on any atom is -0.453 e. The van der Waals surface area contributed by atoms with E-state index >= 15 is 0 Å². The maximum absolute atomic E-state index is 6.19. The Morgan fingerprint density at radius 2 is 1.12 bits per heavy atom. The highest BCUT2D eigenvalue weighted by atomic mass is 16.5. The zero-order chi connectivity index (χ0) is 17.1. The number of benzene rings is 2. The SMILES string of the molecule is CCN(CC)c1ccc2c(c1)Oc1cc(N(CC)CC)ccc1[N]2. The van der Waals surface area contributed by atoms with Crippen molar-refractivity contribution in [3.8, 4) is 11.5 Å². The first-order chi connectivity index (χ1) is 11.7. The molecular weight excluding hydrogens is 298 g/mol. The van der Waals surface area contributed by atoms with Gasteiger partial charge in [-0.15, -0.1) is 0 Å². The molecule has 1 aliphatic heterocycles. The van der Waals surface area contributed by atoms with Gasteiger partial charge < -0.3 is 14.5 Å². The maximum atomic E-state index is 6.19. The van der Waals surface area contributed by atoms with E-state index in [1.54, 1.807) is 0 Å². The molecule has 0 unspecified atom stereocenters. The molecule has 0 saturated carbocycles. The molecule has 24 heavy (non-hydrogen) atoms. The van der Waals surface area contributed by atoms with Crippen LogP contribution >= 0.6 is 0 Å². The van der Waals surface area contributed by atoms with Gasteiger partial charge in [0.1, 0.15) is 11.4 Å². The molecule has 2 aromatic rings. The van der Waals surface area contributed by atoms with Gasteiger partial charge in [0, 0.05) is 49.7 Å². The number of nitrogens with zero attached hydrogens (tertiary/aromatic N) is 3. The van der Waals surface area contributed by atoms with Crippen LogP contribution in [0.15, 0.2) is 36.4 Å². The van der Waals surface area contributed by atoms with Crippen LogP contribution in [0.2, 0.25) is 0 Å². The number of ether oxygens (including phenoxy) is 1. The Morgan fingerprint density at radius 1 is 0.708 bits per heavy atom. The van der Waals surface area contributed by atoms with Crippen molar-refractivity contribution in [2.75, 3.05) is 36.0 Å². The summed E-state index contributed by atoms with van der Waals surface area (Å²) in [5, 5.41) is 4.75. The average molecular weight is 324 g/mol. The summed E-state index contributed by atoms with van der Waals surface area (Å²) in [7, 11) is 0. The van der Waals surface area contributed by atoms with Gasteiger partial charge in [-0.2, -0.15) is 0 Å². The highest BCUT2D eigenvalue weighted by Crippen LogP contribution is 2.45. The van der Waals surface area contributed by atoms with Gasteiger partial charge in [-0.1, -0.05) is 0 Å². The lowest BCUT2D eigenvalue weighted by Gasteiger charge is -2.26. The summed E-state index contributed by atoms with van der Waals surface area (Å²) in [6, 6.07) is 12.5.